The molecular weight excluding hydrogens is 615 g/mol. The van der Waals surface area contributed by atoms with Gasteiger partial charge in [-0.3, -0.25) is 0 Å². The van der Waals surface area contributed by atoms with Crippen LogP contribution in [-0.2, 0) is 5.41 Å². The third kappa shape index (κ3) is 4.41. The van der Waals surface area contributed by atoms with Crippen LogP contribution in [0.2, 0.25) is 0 Å². The van der Waals surface area contributed by atoms with E-state index in [9.17, 15) is 0 Å². The van der Waals surface area contributed by atoms with Gasteiger partial charge in [-0.25, -0.2) is 0 Å². The first-order valence-electron chi connectivity index (χ1n) is 17.8. The first-order chi connectivity index (χ1) is 25.2. The molecule has 8 aromatic carbocycles. The Morgan fingerprint density at radius 2 is 0.980 bits per heavy atom. The van der Waals surface area contributed by atoms with Crippen molar-refractivity contribution in [2.45, 2.75) is 12.3 Å². The highest BCUT2D eigenvalue weighted by Crippen LogP contribution is 2.56. The van der Waals surface area contributed by atoms with Crippen molar-refractivity contribution in [3.05, 3.63) is 222 Å². The summed E-state index contributed by atoms with van der Waals surface area (Å²) in [7, 11) is 0. The Labute approximate surface area is 298 Å². The molecule has 51 heavy (non-hydrogen) atoms. The van der Waals surface area contributed by atoms with E-state index < -0.39 is 5.41 Å². The fourth-order valence-corrected chi connectivity index (χ4v) is 8.77. The molecule has 1 aliphatic carbocycles. The van der Waals surface area contributed by atoms with Crippen molar-refractivity contribution >= 4 is 21.8 Å². The molecule has 1 heterocycles. The van der Waals surface area contributed by atoms with Gasteiger partial charge in [-0.1, -0.05) is 158 Å². The molecule has 1 nitrogen and oxygen atoms in total. The van der Waals surface area contributed by atoms with E-state index in [2.05, 4.69) is 206 Å². The monoisotopic (exact) mass is 649 g/mol. The lowest BCUT2D eigenvalue weighted by atomic mass is 9.68. The highest BCUT2D eigenvalue weighted by molar-refractivity contribution is 6.10. The van der Waals surface area contributed by atoms with Gasteiger partial charge in [0.05, 0.1) is 16.4 Å². The van der Waals surface area contributed by atoms with E-state index in [1.54, 1.807) is 0 Å². The minimum Gasteiger partial charge on any atom is -0.309 e. The summed E-state index contributed by atoms with van der Waals surface area (Å²) in [6.07, 6.45) is 0. The van der Waals surface area contributed by atoms with E-state index in [4.69, 9.17) is 0 Å². The van der Waals surface area contributed by atoms with Crippen LogP contribution in [0.5, 0.6) is 0 Å². The van der Waals surface area contributed by atoms with Crippen molar-refractivity contribution in [3.8, 4) is 39.1 Å². The Morgan fingerprint density at radius 3 is 1.76 bits per heavy atom. The minimum absolute atomic E-state index is 0.407. The molecule has 0 bridgehead atoms. The molecule has 240 valence electrons. The molecule has 0 N–H and O–H groups in total. The molecule has 10 rings (SSSR count). The Kier molecular flexibility index (Phi) is 6.69. The summed E-state index contributed by atoms with van der Waals surface area (Å²) in [6.45, 7) is 2.18. The number of nitrogens with zero attached hydrogens (tertiary/aromatic N) is 1. The molecule has 9 aromatic rings. The maximum absolute atomic E-state index is 2.45. The molecule has 0 atom stereocenters. The van der Waals surface area contributed by atoms with Gasteiger partial charge in [0, 0.05) is 16.5 Å². The number of hydrogen-bond donors (Lipinski definition) is 0. The minimum atomic E-state index is -0.407. The number of hydrogen-bond acceptors (Lipinski definition) is 0. The van der Waals surface area contributed by atoms with Gasteiger partial charge in [-0.2, -0.15) is 0 Å². The average Bonchev–Trinajstić information content (AvgIpc) is 3.69. The third-order valence-corrected chi connectivity index (χ3v) is 11.0. The van der Waals surface area contributed by atoms with Crippen LogP contribution in [-0.4, -0.2) is 4.57 Å². The van der Waals surface area contributed by atoms with Crippen molar-refractivity contribution in [1.82, 2.24) is 4.57 Å². The fraction of sp³-hybridized carbons (Fsp3) is 0.0400. The van der Waals surface area contributed by atoms with Crippen molar-refractivity contribution in [2.24, 2.45) is 0 Å². The predicted octanol–water partition coefficient (Wildman–Crippen LogP) is 12.8. The van der Waals surface area contributed by atoms with Gasteiger partial charge in [-0.05, 0) is 105 Å². The van der Waals surface area contributed by atoms with Crippen LogP contribution >= 0.6 is 0 Å². The number of para-hydroxylation sites is 1. The lowest BCUT2D eigenvalue weighted by molar-refractivity contribution is 0.768. The van der Waals surface area contributed by atoms with Crippen molar-refractivity contribution < 1.29 is 0 Å². The van der Waals surface area contributed by atoms with E-state index in [1.807, 2.05) is 0 Å². The SMILES string of the molecule is Cc1ccccc1-c1cccc(-c2ccc3c(c2)c2ccccc2n3-c2ccc3c(c2)-c2ccccc2C3(c2ccccc2)c2ccccc2)c1. The van der Waals surface area contributed by atoms with Gasteiger partial charge in [0.25, 0.3) is 0 Å². The van der Waals surface area contributed by atoms with Crippen molar-refractivity contribution in [2.75, 3.05) is 0 Å². The zero-order valence-electron chi connectivity index (χ0n) is 28.4. The summed E-state index contributed by atoms with van der Waals surface area (Å²) in [4.78, 5) is 0. The number of rotatable bonds is 5. The maximum atomic E-state index is 2.45. The van der Waals surface area contributed by atoms with E-state index in [1.165, 1.54) is 88.7 Å². The van der Waals surface area contributed by atoms with E-state index >= 15 is 0 Å². The van der Waals surface area contributed by atoms with Crippen LogP contribution in [0.15, 0.2) is 194 Å². The van der Waals surface area contributed by atoms with Gasteiger partial charge in [0.15, 0.2) is 0 Å². The molecule has 0 unspecified atom stereocenters. The van der Waals surface area contributed by atoms with Crippen LogP contribution in [0.3, 0.4) is 0 Å². The molecule has 1 heteroatoms. The Bertz CT molecular complexity index is 2710. The highest BCUT2D eigenvalue weighted by Gasteiger charge is 2.46. The number of fused-ring (bicyclic) bond motifs is 6. The molecule has 1 aliphatic rings. The lowest BCUT2D eigenvalue weighted by Crippen LogP contribution is -2.28. The van der Waals surface area contributed by atoms with Crippen LogP contribution in [0.25, 0.3) is 60.9 Å². The number of benzene rings is 8. The topological polar surface area (TPSA) is 4.93 Å². The molecule has 0 saturated heterocycles. The van der Waals surface area contributed by atoms with Crippen LogP contribution in [0.4, 0.5) is 0 Å². The highest BCUT2D eigenvalue weighted by atomic mass is 15.0. The van der Waals surface area contributed by atoms with Crippen molar-refractivity contribution in [1.29, 1.82) is 0 Å². The second-order valence-electron chi connectivity index (χ2n) is 13.7. The van der Waals surface area contributed by atoms with Gasteiger partial charge in [0.1, 0.15) is 0 Å². The second kappa shape index (κ2) is 11.6. The van der Waals surface area contributed by atoms with Gasteiger partial charge in [-0.15, -0.1) is 0 Å². The summed E-state index contributed by atoms with van der Waals surface area (Å²) in [6, 6.07) is 71.5. The summed E-state index contributed by atoms with van der Waals surface area (Å²) in [5.41, 5.74) is 17.2. The first-order valence-corrected chi connectivity index (χ1v) is 17.8. The summed E-state index contributed by atoms with van der Waals surface area (Å²) in [5.74, 6) is 0. The summed E-state index contributed by atoms with van der Waals surface area (Å²) >= 11 is 0. The third-order valence-electron chi connectivity index (χ3n) is 11.0. The molecule has 0 radical (unpaired) electrons. The molecule has 0 spiro atoms. The molecule has 1 aromatic heterocycles. The molecule has 0 saturated carbocycles. The van der Waals surface area contributed by atoms with Gasteiger partial charge in [0.2, 0.25) is 0 Å². The Hall–Kier alpha value is -6.44. The molecular formula is C50H35N. The van der Waals surface area contributed by atoms with Gasteiger partial charge >= 0.3 is 0 Å². The normalized spacial score (nSPS) is 13.0. The number of aryl methyl sites for hydroxylation is 1. The van der Waals surface area contributed by atoms with Crippen LogP contribution in [0.1, 0.15) is 27.8 Å². The van der Waals surface area contributed by atoms with Crippen LogP contribution < -0.4 is 0 Å². The van der Waals surface area contributed by atoms with Crippen molar-refractivity contribution in [3.63, 3.8) is 0 Å². The zero-order chi connectivity index (χ0) is 33.9. The van der Waals surface area contributed by atoms with Crippen LogP contribution in [0, 0.1) is 6.92 Å². The number of aromatic nitrogens is 1. The average molecular weight is 650 g/mol. The Balaban J connectivity index is 1.17. The predicted molar refractivity (Wildman–Crippen MR) is 214 cm³/mol. The quantitative estimate of drug-likeness (QED) is 0.175. The largest absolute Gasteiger partial charge is 0.309 e. The summed E-state index contributed by atoms with van der Waals surface area (Å²) in [5, 5.41) is 2.52. The lowest BCUT2D eigenvalue weighted by Gasteiger charge is -2.33. The first kappa shape index (κ1) is 29.5. The standard InChI is InChI=1S/C50H35N/c1-34-15-8-9-22-41(34)37-17-14-16-35(31-37)36-27-30-49-45(32-36)43-24-11-13-26-48(43)51(49)40-28-29-47-44(33-40)42-23-10-12-25-46(42)50(47,38-18-4-2-5-19-38)39-20-6-3-7-21-39/h2-33H,1H3. The summed E-state index contributed by atoms with van der Waals surface area (Å²) < 4.78 is 2.45. The molecule has 0 aliphatic heterocycles. The molecule has 0 fully saturated rings. The van der Waals surface area contributed by atoms with E-state index in [0.717, 1.165) is 0 Å². The zero-order valence-corrected chi connectivity index (χ0v) is 28.4. The maximum Gasteiger partial charge on any atom is 0.0713 e. The van der Waals surface area contributed by atoms with Gasteiger partial charge < -0.3 is 4.57 Å². The molecule has 0 amide bonds. The fourth-order valence-electron chi connectivity index (χ4n) is 8.77. The Morgan fingerprint density at radius 1 is 0.373 bits per heavy atom. The van der Waals surface area contributed by atoms with E-state index in [0.29, 0.717) is 0 Å². The second-order valence-corrected chi connectivity index (χ2v) is 13.7. The van der Waals surface area contributed by atoms with E-state index in [-0.39, 0.29) is 0 Å². The smallest absolute Gasteiger partial charge is 0.0713 e.